The SMILES string of the molecule is CCC(NS(=O)(=O)CC(=O)OC)c1ncc[nH]1. The monoisotopic (exact) mass is 261 g/mol. The molecule has 0 aliphatic rings. The molecule has 1 aromatic heterocycles. The highest BCUT2D eigenvalue weighted by atomic mass is 32.2. The van der Waals surface area contributed by atoms with Gasteiger partial charge in [0.25, 0.3) is 0 Å². The van der Waals surface area contributed by atoms with Gasteiger partial charge in [-0.25, -0.2) is 18.1 Å². The first-order valence-corrected chi connectivity index (χ1v) is 6.69. The number of imidazole rings is 1. The van der Waals surface area contributed by atoms with Gasteiger partial charge in [-0.15, -0.1) is 0 Å². The Bertz CT molecular complexity index is 455. The molecule has 0 saturated heterocycles. The van der Waals surface area contributed by atoms with E-state index in [1.54, 1.807) is 6.20 Å². The van der Waals surface area contributed by atoms with E-state index in [2.05, 4.69) is 19.4 Å². The van der Waals surface area contributed by atoms with Crippen LogP contribution in [0.15, 0.2) is 12.4 Å². The standard InChI is InChI=1S/C9H15N3O4S/c1-3-7(9-10-4-5-11-9)12-17(14,15)6-8(13)16-2/h4-5,7,12H,3,6H2,1-2H3,(H,10,11). The van der Waals surface area contributed by atoms with Gasteiger partial charge in [0.1, 0.15) is 5.82 Å². The fourth-order valence-corrected chi connectivity index (χ4v) is 2.50. The lowest BCUT2D eigenvalue weighted by molar-refractivity contribution is -0.137. The molecule has 0 spiro atoms. The highest BCUT2D eigenvalue weighted by Gasteiger charge is 2.22. The van der Waals surface area contributed by atoms with Gasteiger partial charge in [-0.3, -0.25) is 4.79 Å². The first-order valence-electron chi connectivity index (χ1n) is 5.04. The number of nitrogens with zero attached hydrogens (tertiary/aromatic N) is 1. The van der Waals surface area contributed by atoms with E-state index < -0.39 is 27.8 Å². The molecule has 8 heteroatoms. The summed E-state index contributed by atoms with van der Waals surface area (Å²) in [6.45, 7) is 1.81. The highest BCUT2D eigenvalue weighted by molar-refractivity contribution is 7.90. The second kappa shape index (κ2) is 5.78. The molecule has 1 atom stereocenters. The van der Waals surface area contributed by atoms with Crippen LogP contribution in [0.5, 0.6) is 0 Å². The number of methoxy groups -OCH3 is 1. The Kier molecular flexibility index (Phi) is 4.64. The number of H-pyrrole nitrogens is 1. The number of sulfonamides is 1. The number of hydrogen-bond donors (Lipinski definition) is 2. The number of hydrogen-bond acceptors (Lipinski definition) is 5. The van der Waals surface area contributed by atoms with E-state index in [0.29, 0.717) is 12.2 Å². The van der Waals surface area contributed by atoms with E-state index in [1.165, 1.54) is 6.20 Å². The number of aromatic amines is 1. The van der Waals surface area contributed by atoms with Crippen LogP contribution >= 0.6 is 0 Å². The molecular weight excluding hydrogens is 246 g/mol. The molecule has 0 radical (unpaired) electrons. The third-order valence-electron chi connectivity index (χ3n) is 2.12. The summed E-state index contributed by atoms with van der Waals surface area (Å²) in [7, 11) is -2.57. The van der Waals surface area contributed by atoms with Gasteiger partial charge in [0.2, 0.25) is 10.0 Å². The minimum atomic E-state index is -3.71. The lowest BCUT2D eigenvalue weighted by Gasteiger charge is -2.14. The molecule has 0 saturated carbocycles. The van der Waals surface area contributed by atoms with Gasteiger partial charge >= 0.3 is 5.97 Å². The summed E-state index contributed by atoms with van der Waals surface area (Å²) in [6.07, 6.45) is 3.66. The summed E-state index contributed by atoms with van der Waals surface area (Å²) in [5.74, 6) is -0.978. The maximum atomic E-state index is 11.6. The third kappa shape index (κ3) is 4.16. The topological polar surface area (TPSA) is 101 Å². The molecule has 1 aromatic rings. The summed E-state index contributed by atoms with van der Waals surface area (Å²) in [6, 6.07) is -0.473. The van der Waals surface area contributed by atoms with Crippen LogP contribution in [0.4, 0.5) is 0 Å². The summed E-state index contributed by atoms with van der Waals surface area (Å²) in [4.78, 5) is 17.7. The lowest BCUT2D eigenvalue weighted by Crippen LogP contribution is -2.34. The molecule has 0 aromatic carbocycles. The molecule has 2 N–H and O–H groups in total. The second-order valence-corrected chi connectivity index (χ2v) is 5.14. The summed E-state index contributed by atoms with van der Waals surface area (Å²) in [5, 5.41) is 0. The predicted molar refractivity (Wildman–Crippen MR) is 60.6 cm³/mol. The first kappa shape index (κ1) is 13.7. The van der Waals surface area contributed by atoms with Crippen molar-refractivity contribution in [2.75, 3.05) is 12.9 Å². The van der Waals surface area contributed by atoms with Gasteiger partial charge in [-0.2, -0.15) is 0 Å². The van der Waals surface area contributed by atoms with Gasteiger partial charge in [0.05, 0.1) is 13.2 Å². The minimum Gasteiger partial charge on any atom is -0.468 e. The van der Waals surface area contributed by atoms with Crippen LogP contribution in [0, 0.1) is 0 Å². The van der Waals surface area contributed by atoms with Crippen molar-refractivity contribution < 1.29 is 17.9 Å². The Balaban J connectivity index is 2.71. The van der Waals surface area contributed by atoms with Crippen LogP contribution in [0.2, 0.25) is 0 Å². The first-order chi connectivity index (χ1) is 7.98. The van der Waals surface area contributed by atoms with E-state index in [-0.39, 0.29) is 0 Å². The fraction of sp³-hybridized carbons (Fsp3) is 0.556. The zero-order chi connectivity index (χ0) is 12.9. The van der Waals surface area contributed by atoms with Crippen LogP contribution in [-0.4, -0.2) is 37.2 Å². The van der Waals surface area contributed by atoms with Crippen LogP contribution < -0.4 is 4.72 Å². The number of carbonyl (C=O) groups is 1. The lowest BCUT2D eigenvalue weighted by atomic mass is 10.2. The number of ether oxygens (including phenoxy) is 1. The predicted octanol–water partition coefficient (Wildman–Crippen LogP) is -0.0468. The largest absolute Gasteiger partial charge is 0.468 e. The highest BCUT2D eigenvalue weighted by Crippen LogP contribution is 2.12. The third-order valence-corrected chi connectivity index (χ3v) is 3.37. The quantitative estimate of drug-likeness (QED) is 0.699. The Labute approximate surface area is 99.6 Å². The Morgan fingerprint density at radius 2 is 2.35 bits per heavy atom. The van der Waals surface area contributed by atoms with E-state index in [0.717, 1.165) is 7.11 Å². The zero-order valence-electron chi connectivity index (χ0n) is 9.63. The van der Waals surface area contributed by atoms with Crippen molar-refractivity contribution in [1.82, 2.24) is 14.7 Å². The number of carbonyl (C=O) groups excluding carboxylic acids is 1. The number of aromatic nitrogens is 2. The number of rotatable bonds is 6. The minimum absolute atomic E-state index is 0.473. The van der Waals surface area contributed by atoms with Gasteiger partial charge in [0, 0.05) is 12.4 Å². The normalized spacial score (nSPS) is 13.3. The molecule has 7 nitrogen and oxygen atoms in total. The molecule has 0 amide bonds. The van der Waals surface area contributed by atoms with E-state index in [4.69, 9.17) is 0 Å². The van der Waals surface area contributed by atoms with Crippen molar-refractivity contribution in [3.8, 4) is 0 Å². The maximum absolute atomic E-state index is 11.6. The molecule has 0 bridgehead atoms. The second-order valence-electron chi connectivity index (χ2n) is 3.39. The van der Waals surface area contributed by atoms with Crippen molar-refractivity contribution in [3.63, 3.8) is 0 Å². The number of esters is 1. The van der Waals surface area contributed by atoms with Gasteiger partial charge in [0.15, 0.2) is 5.75 Å². The molecule has 0 aliphatic carbocycles. The molecular formula is C9H15N3O4S. The van der Waals surface area contributed by atoms with Crippen LogP contribution in [-0.2, 0) is 19.6 Å². The van der Waals surface area contributed by atoms with E-state index in [9.17, 15) is 13.2 Å². The number of nitrogens with one attached hydrogen (secondary N) is 2. The van der Waals surface area contributed by atoms with Crippen molar-refractivity contribution >= 4 is 16.0 Å². The Hall–Kier alpha value is -1.41. The van der Waals surface area contributed by atoms with Crippen LogP contribution in [0.3, 0.4) is 0 Å². The molecule has 17 heavy (non-hydrogen) atoms. The molecule has 0 fully saturated rings. The van der Waals surface area contributed by atoms with E-state index >= 15 is 0 Å². The molecule has 1 unspecified atom stereocenters. The molecule has 96 valence electrons. The molecule has 1 rings (SSSR count). The Morgan fingerprint density at radius 1 is 1.65 bits per heavy atom. The summed E-state index contributed by atoms with van der Waals surface area (Å²) >= 11 is 0. The van der Waals surface area contributed by atoms with Gasteiger partial charge in [-0.05, 0) is 6.42 Å². The fourth-order valence-electron chi connectivity index (χ4n) is 1.27. The van der Waals surface area contributed by atoms with E-state index in [1.807, 2.05) is 6.92 Å². The van der Waals surface area contributed by atoms with Crippen molar-refractivity contribution in [2.24, 2.45) is 0 Å². The van der Waals surface area contributed by atoms with Gasteiger partial charge in [-0.1, -0.05) is 6.92 Å². The summed E-state index contributed by atoms with van der Waals surface area (Å²) in [5.41, 5.74) is 0. The molecule has 1 heterocycles. The Morgan fingerprint density at radius 3 is 2.82 bits per heavy atom. The maximum Gasteiger partial charge on any atom is 0.322 e. The average Bonchev–Trinajstić information content (AvgIpc) is 2.78. The van der Waals surface area contributed by atoms with Gasteiger partial charge < -0.3 is 9.72 Å². The van der Waals surface area contributed by atoms with Crippen LogP contribution in [0.25, 0.3) is 0 Å². The average molecular weight is 261 g/mol. The van der Waals surface area contributed by atoms with Crippen molar-refractivity contribution in [1.29, 1.82) is 0 Å². The van der Waals surface area contributed by atoms with Crippen molar-refractivity contribution in [2.45, 2.75) is 19.4 Å². The zero-order valence-corrected chi connectivity index (χ0v) is 10.5. The van der Waals surface area contributed by atoms with Crippen LogP contribution in [0.1, 0.15) is 25.2 Å². The smallest absolute Gasteiger partial charge is 0.322 e. The van der Waals surface area contributed by atoms with Crippen molar-refractivity contribution in [3.05, 3.63) is 18.2 Å². The summed E-state index contributed by atoms with van der Waals surface area (Å²) < 4.78 is 29.9. The molecule has 0 aliphatic heterocycles.